The summed E-state index contributed by atoms with van der Waals surface area (Å²) in [4.78, 5) is 13.2. The molecule has 4 aliphatic carbocycles. The zero-order valence-electron chi connectivity index (χ0n) is 20.7. The minimum absolute atomic E-state index is 0.0292. The Balaban J connectivity index is 1.66. The van der Waals surface area contributed by atoms with Crippen LogP contribution in [0.15, 0.2) is 24.3 Å². The third-order valence-electron chi connectivity index (χ3n) is 10.7. The number of allylic oxidation sites excluding steroid dienone is 3. The van der Waals surface area contributed by atoms with E-state index in [1.54, 1.807) is 12.2 Å². The van der Waals surface area contributed by atoms with Crippen LogP contribution in [-0.2, 0) is 4.79 Å². The van der Waals surface area contributed by atoms with Crippen molar-refractivity contribution in [3.63, 3.8) is 0 Å². The molecule has 4 heteroatoms. The Morgan fingerprint density at radius 3 is 2.50 bits per heavy atom. The molecule has 0 bridgehead atoms. The van der Waals surface area contributed by atoms with E-state index in [0.29, 0.717) is 48.9 Å². The van der Waals surface area contributed by atoms with Gasteiger partial charge in [-0.15, -0.1) is 11.6 Å². The number of alkyl halides is 1. The van der Waals surface area contributed by atoms with E-state index in [9.17, 15) is 15.0 Å². The van der Waals surface area contributed by atoms with E-state index in [1.165, 1.54) is 0 Å². The zero-order chi connectivity index (χ0) is 23.6. The first kappa shape index (κ1) is 24.5. The van der Waals surface area contributed by atoms with Crippen LogP contribution in [0.5, 0.6) is 0 Å². The number of hydrogen-bond acceptors (Lipinski definition) is 3. The highest BCUT2D eigenvalue weighted by molar-refractivity contribution is 6.22. The molecule has 0 spiro atoms. The number of rotatable bonds is 4. The largest absolute Gasteiger partial charge is 0.393 e. The fourth-order valence-electron chi connectivity index (χ4n) is 8.39. The van der Waals surface area contributed by atoms with Crippen LogP contribution in [0.2, 0.25) is 0 Å². The molecule has 0 heterocycles. The maximum Gasteiger partial charge on any atom is 0.164 e. The highest BCUT2D eigenvalue weighted by Crippen LogP contribution is 2.68. The predicted octanol–water partition coefficient (Wildman–Crippen LogP) is 5.78. The summed E-state index contributed by atoms with van der Waals surface area (Å²) >= 11 is 6.87. The maximum atomic E-state index is 13.2. The minimum atomic E-state index is -1.28. The lowest BCUT2D eigenvalue weighted by Crippen LogP contribution is -2.70. The second-order valence-corrected chi connectivity index (χ2v) is 12.9. The van der Waals surface area contributed by atoms with Gasteiger partial charge >= 0.3 is 0 Å². The number of carbonyl (C=O) groups is 1. The van der Waals surface area contributed by atoms with Crippen LogP contribution in [-0.4, -0.2) is 33.1 Å². The number of carbonyl (C=O) groups excluding carboxylic acids is 1. The number of aliphatic hydroxyl groups excluding tert-OH is 1. The average molecular weight is 463 g/mol. The van der Waals surface area contributed by atoms with Crippen molar-refractivity contribution in [2.45, 2.75) is 90.7 Å². The van der Waals surface area contributed by atoms with Crippen LogP contribution < -0.4 is 0 Å². The van der Waals surface area contributed by atoms with Gasteiger partial charge in [-0.3, -0.25) is 4.79 Å². The third-order valence-corrected chi connectivity index (χ3v) is 11.2. The topological polar surface area (TPSA) is 57.5 Å². The normalized spacial score (nSPS) is 50.2. The van der Waals surface area contributed by atoms with E-state index < -0.39 is 22.5 Å². The number of hydrogen-bond donors (Lipinski definition) is 2. The molecule has 0 aliphatic heterocycles. The lowest BCUT2D eigenvalue weighted by Gasteiger charge is -2.64. The van der Waals surface area contributed by atoms with Crippen molar-refractivity contribution in [1.29, 1.82) is 0 Å². The van der Waals surface area contributed by atoms with Gasteiger partial charge in [0.1, 0.15) is 0 Å². The average Bonchev–Trinajstić information content (AvgIpc) is 3.05. The number of aliphatic hydroxyl groups is 2. The van der Waals surface area contributed by atoms with Gasteiger partial charge in [-0.05, 0) is 86.0 Å². The molecule has 32 heavy (non-hydrogen) atoms. The zero-order valence-corrected chi connectivity index (χ0v) is 21.5. The summed E-state index contributed by atoms with van der Waals surface area (Å²) in [7, 11) is 0. The van der Waals surface area contributed by atoms with Crippen LogP contribution >= 0.6 is 11.6 Å². The van der Waals surface area contributed by atoms with Gasteiger partial charge < -0.3 is 10.2 Å². The maximum absolute atomic E-state index is 13.2. The van der Waals surface area contributed by atoms with Crippen molar-refractivity contribution in [2.24, 2.45) is 52.3 Å². The first-order valence-electron chi connectivity index (χ1n) is 12.8. The quantitative estimate of drug-likeness (QED) is 0.411. The number of ketones is 1. The predicted molar refractivity (Wildman–Crippen MR) is 130 cm³/mol. The molecule has 0 unspecified atom stereocenters. The van der Waals surface area contributed by atoms with Crippen molar-refractivity contribution in [1.82, 2.24) is 0 Å². The molecule has 3 fully saturated rings. The Bertz CT molecular complexity index is 804. The van der Waals surface area contributed by atoms with Gasteiger partial charge in [0.05, 0.1) is 22.5 Å². The molecule has 4 aliphatic rings. The SMILES string of the molecule is CC(C)[C@@H](C)/C=C/[C@@H](C)[C@H]1CC[C@H]2[C@@H]3C[C@H](Cl)[C@]4(O)CC=CC(=O)[C@]4(C)[C@H]3[C@H](O)C[C@]12C. The monoisotopic (exact) mass is 462 g/mol. The molecule has 0 amide bonds. The Kier molecular flexibility index (Phi) is 6.30. The molecule has 180 valence electrons. The molecular weight excluding hydrogens is 420 g/mol. The lowest BCUT2D eigenvalue weighted by atomic mass is 9.42. The number of fused-ring (bicyclic) bond motifs is 5. The summed E-state index contributed by atoms with van der Waals surface area (Å²) < 4.78 is 0. The van der Waals surface area contributed by atoms with Gasteiger partial charge in [-0.25, -0.2) is 0 Å². The molecular formula is C28H43ClO3. The first-order valence-corrected chi connectivity index (χ1v) is 13.2. The van der Waals surface area contributed by atoms with Gasteiger partial charge in [0.15, 0.2) is 5.78 Å². The van der Waals surface area contributed by atoms with E-state index in [0.717, 1.165) is 12.8 Å². The fourth-order valence-corrected chi connectivity index (χ4v) is 8.91. The van der Waals surface area contributed by atoms with Crippen molar-refractivity contribution in [2.75, 3.05) is 0 Å². The highest BCUT2D eigenvalue weighted by atomic mass is 35.5. The van der Waals surface area contributed by atoms with E-state index in [2.05, 4.69) is 46.8 Å². The Morgan fingerprint density at radius 2 is 1.84 bits per heavy atom. The molecule has 0 radical (unpaired) electrons. The van der Waals surface area contributed by atoms with Crippen LogP contribution in [0.4, 0.5) is 0 Å². The van der Waals surface area contributed by atoms with Crippen molar-refractivity contribution in [3.8, 4) is 0 Å². The Morgan fingerprint density at radius 1 is 1.16 bits per heavy atom. The molecule has 0 aromatic carbocycles. The summed E-state index contributed by atoms with van der Waals surface area (Å²) in [6, 6.07) is 0. The molecule has 11 atom stereocenters. The molecule has 4 rings (SSSR count). The van der Waals surface area contributed by atoms with E-state index >= 15 is 0 Å². The Labute approximate surface area is 199 Å². The van der Waals surface area contributed by atoms with Gasteiger partial charge in [0, 0.05) is 5.92 Å². The van der Waals surface area contributed by atoms with Crippen LogP contribution in [0, 0.1) is 52.3 Å². The summed E-state index contributed by atoms with van der Waals surface area (Å²) in [5.74, 6) is 2.46. The molecule has 3 saturated carbocycles. The minimum Gasteiger partial charge on any atom is -0.393 e. The van der Waals surface area contributed by atoms with E-state index in [4.69, 9.17) is 11.6 Å². The fraction of sp³-hybridized carbons (Fsp3) is 0.821. The first-order chi connectivity index (χ1) is 14.9. The van der Waals surface area contributed by atoms with Gasteiger partial charge in [0.2, 0.25) is 0 Å². The van der Waals surface area contributed by atoms with Gasteiger partial charge in [-0.2, -0.15) is 0 Å². The van der Waals surface area contributed by atoms with Crippen LogP contribution in [0.3, 0.4) is 0 Å². The highest BCUT2D eigenvalue weighted by Gasteiger charge is 2.70. The van der Waals surface area contributed by atoms with Crippen LogP contribution in [0.25, 0.3) is 0 Å². The van der Waals surface area contributed by atoms with Crippen molar-refractivity contribution >= 4 is 17.4 Å². The molecule has 0 saturated heterocycles. The van der Waals surface area contributed by atoms with Crippen LogP contribution in [0.1, 0.15) is 73.6 Å². The smallest absolute Gasteiger partial charge is 0.164 e. The molecule has 0 aromatic heterocycles. The molecule has 3 nitrogen and oxygen atoms in total. The van der Waals surface area contributed by atoms with Gasteiger partial charge in [0.25, 0.3) is 0 Å². The second-order valence-electron chi connectivity index (χ2n) is 12.4. The summed E-state index contributed by atoms with van der Waals surface area (Å²) in [6.45, 7) is 13.4. The Hall–Kier alpha value is -0.640. The lowest BCUT2D eigenvalue weighted by molar-refractivity contribution is -0.214. The third kappa shape index (κ3) is 3.32. The molecule has 0 aromatic rings. The molecule has 2 N–H and O–H groups in total. The summed E-state index contributed by atoms with van der Waals surface area (Å²) in [5.41, 5.74) is -2.27. The van der Waals surface area contributed by atoms with Gasteiger partial charge in [-0.1, -0.05) is 52.8 Å². The van der Waals surface area contributed by atoms with E-state index in [1.807, 2.05) is 6.92 Å². The summed E-state index contributed by atoms with van der Waals surface area (Å²) in [6.07, 6.45) is 11.6. The number of halogens is 1. The van der Waals surface area contributed by atoms with E-state index in [-0.39, 0.29) is 23.0 Å². The van der Waals surface area contributed by atoms with Crippen molar-refractivity contribution in [3.05, 3.63) is 24.3 Å². The standard InChI is InChI=1S/C28H43ClO3/c1-16(2)17(3)9-10-18(4)20-11-12-21-19-14-23(29)28(32)13-7-8-24(31)27(28,6)25(19)22(30)15-26(20,21)5/h7-10,16-23,25,30,32H,11-15H2,1-6H3/b10-9+/t17-,18+,19-,20+,21-,22+,23-,25+,26+,27+,28+/m0/s1. The second kappa shape index (κ2) is 8.24. The summed E-state index contributed by atoms with van der Waals surface area (Å²) in [5, 5.41) is 22.7. The van der Waals surface area contributed by atoms with Crippen molar-refractivity contribution < 1.29 is 15.0 Å².